The number of carbonyl (C=O) groups excluding carboxylic acids is 1. The van der Waals surface area contributed by atoms with Crippen molar-refractivity contribution >= 4 is 51.0 Å². The number of hydrogen-bond acceptors (Lipinski definition) is 6. The largest absolute Gasteiger partial charge is 0.465 e. The van der Waals surface area contributed by atoms with Gasteiger partial charge in [-0.05, 0) is 36.8 Å². The Morgan fingerprint density at radius 1 is 1.33 bits per heavy atom. The van der Waals surface area contributed by atoms with Crippen LogP contribution in [0, 0.1) is 10.1 Å². The second kappa shape index (κ2) is 7.84. The minimum atomic E-state index is -0.471. The number of aryl methyl sites for hydroxylation is 1. The van der Waals surface area contributed by atoms with E-state index in [1.165, 1.54) is 30.6 Å². The van der Waals surface area contributed by atoms with Gasteiger partial charge in [0.1, 0.15) is 5.00 Å². The highest BCUT2D eigenvalue weighted by Crippen LogP contribution is 2.29. The summed E-state index contributed by atoms with van der Waals surface area (Å²) in [5, 5.41) is 17.4. The Balaban J connectivity index is 2.10. The van der Waals surface area contributed by atoms with E-state index in [0.29, 0.717) is 16.3 Å². The van der Waals surface area contributed by atoms with Gasteiger partial charge in [0.15, 0.2) is 5.11 Å². The summed E-state index contributed by atoms with van der Waals surface area (Å²) in [6, 6.07) is 7.64. The highest BCUT2D eigenvalue weighted by Gasteiger charge is 2.17. The number of nitro groups is 1. The number of nitrogens with zero attached hydrogens (tertiary/aromatic N) is 1. The van der Waals surface area contributed by atoms with Crippen LogP contribution in [-0.4, -0.2) is 23.1 Å². The van der Waals surface area contributed by atoms with Crippen LogP contribution in [0.1, 0.15) is 22.2 Å². The lowest BCUT2D eigenvalue weighted by atomic mass is 10.2. The van der Waals surface area contributed by atoms with Crippen molar-refractivity contribution in [3.05, 3.63) is 50.9 Å². The summed E-state index contributed by atoms with van der Waals surface area (Å²) in [5.41, 5.74) is 1.02. The number of hydrogen-bond donors (Lipinski definition) is 2. The number of nitrogens with one attached hydrogen (secondary N) is 2. The maximum absolute atomic E-state index is 11.8. The molecule has 2 N–H and O–H groups in total. The molecular weight excluding hydrogens is 350 g/mol. The van der Waals surface area contributed by atoms with E-state index in [1.54, 1.807) is 18.2 Å². The molecule has 1 aromatic heterocycles. The molecule has 9 heteroatoms. The van der Waals surface area contributed by atoms with Crippen molar-refractivity contribution in [2.75, 3.05) is 17.7 Å². The number of carbonyl (C=O) groups is 1. The molecule has 0 fully saturated rings. The number of ether oxygens (including phenoxy) is 1. The van der Waals surface area contributed by atoms with Gasteiger partial charge >= 0.3 is 5.97 Å². The number of benzene rings is 1. The Morgan fingerprint density at radius 2 is 2.00 bits per heavy atom. The fraction of sp³-hybridized carbons (Fsp3) is 0.200. The Labute approximate surface area is 147 Å². The van der Waals surface area contributed by atoms with Gasteiger partial charge in [-0.3, -0.25) is 10.1 Å². The summed E-state index contributed by atoms with van der Waals surface area (Å²) in [5.74, 6) is -0.438. The predicted molar refractivity (Wildman–Crippen MR) is 98.0 cm³/mol. The molecule has 1 aromatic carbocycles. The van der Waals surface area contributed by atoms with E-state index in [1.807, 2.05) is 6.92 Å². The lowest BCUT2D eigenvalue weighted by Gasteiger charge is -2.10. The summed E-state index contributed by atoms with van der Waals surface area (Å²) in [7, 11) is 1.32. The summed E-state index contributed by atoms with van der Waals surface area (Å²) in [4.78, 5) is 23.0. The zero-order valence-corrected chi connectivity index (χ0v) is 14.6. The zero-order valence-electron chi connectivity index (χ0n) is 13.0. The van der Waals surface area contributed by atoms with Crippen molar-refractivity contribution in [3.8, 4) is 0 Å². The Bertz CT molecular complexity index is 772. The maximum atomic E-state index is 11.8. The van der Waals surface area contributed by atoms with Crippen molar-refractivity contribution in [2.45, 2.75) is 13.3 Å². The summed E-state index contributed by atoms with van der Waals surface area (Å²) >= 11 is 6.65. The van der Waals surface area contributed by atoms with Gasteiger partial charge in [0.05, 0.1) is 17.6 Å². The second-order valence-corrected chi connectivity index (χ2v) is 6.23. The molecule has 0 atom stereocenters. The zero-order chi connectivity index (χ0) is 17.7. The lowest BCUT2D eigenvalue weighted by Crippen LogP contribution is -2.19. The highest BCUT2D eigenvalue weighted by atomic mass is 32.1. The van der Waals surface area contributed by atoms with Crippen molar-refractivity contribution in [1.29, 1.82) is 0 Å². The molecular formula is C15H15N3O4S2. The quantitative estimate of drug-likeness (QED) is 0.360. The minimum absolute atomic E-state index is 0.00162. The standard InChI is InChI=1S/C15H15N3O4S2/c1-3-11-8-12(14(19)22-2)13(24-11)17-15(23)16-9-4-6-10(7-5-9)18(20)21/h4-8H,3H2,1-2H3,(H2,16,17,23). The van der Waals surface area contributed by atoms with Gasteiger partial charge in [-0.2, -0.15) is 0 Å². The van der Waals surface area contributed by atoms with Gasteiger partial charge in [-0.15, -0.1) is 11.3 Å². The fourth-order valence-electron chi connectivity index (χ4n) is 1.90. The van der Waals surface area contributed by atoms with Crippen LogP contribution < -0.4 is 10.6 Å². The van der Waals surface area contributed by atoms with Crippen LogP contribution in [-0.2, 0) is 11.2 Å². The van der Waals surface area contributed by atoms with Gasteiger partial charge in [0, 0.05) is 22.7 Å². The Hall–Kier alpha value is -2.52. The van der Waals surface area contributed by atoms with E-state index in [2.05, 4.69) is 10.6 Å². The van der Waals surface area contributed by atoms with Crippen LogP contribution in [0.25, 0.3) is 0 Å². The number of non-ortho nitro benzene ring substituents is 1. The number of methoxy groups -OCH3 is 1. The van der Waals surface area contributed by atoms with Crippen molar-refractivity contribution < 1.29 is 14.5 Å². The monoisotopic (exact) mass is 365 g/mol. The number of thiophene rings is 1. The highest BCUT2D eigenvalue weighted by molar-refractivity contribution is 7.80. The van der Waals surface area contributed by atoms with Gasteiger partial charge in [0.25, 0.3) is 5.69 Å². The maximum Gasteiger partial charge on any atom is 0.340 e. The Morgan fingerprint density at radius 3 is 2.54 bits per heavy atom. The molecule has 0 aliphatic rings. The first-order valence-corrected chi connectivity index (χ1v) is 8.20. The van der Waals surface area contributed by atoms with Crippen LogP contribution in [0.2, 0.25) is 0 Å². The van der Waals surface area contributed by atoms with Crippen LogP contribution in [0.5, 0.6) is 0 Å². The summed E-state index contributed by atoms with van der Waals surface area (Å²) < 4.78 is 4.77. The summed E-state index contributed by atoms with van der Waals surface area (Å²) in [6.45, 7) is 1.99. The molecule has 0 amide bonds. The lowest BCUT2D eigenvalue weighted by molar-refractivity contribution is -0.384. The van der Waals surface area contributed by atoms with Crippen LogP contribution in [0.3, 0.4) is 0 Å². The third-order valence-electron chi connectivity index (χ3n) is 3.10. The molecule has 0 saturated carbocycles. The number of rotatable bonds is 5. The average molecular weight is 365 g/mol. The molecule has 0 bridgehead atoms. The van der Waals surface area contributed by atoms with E-state index < -0.39 is 10.9 Å². The molecule has 0 radical (unpaired) electrons. The van der Waals surface area contributed by atoms with Crippen molar-refractivity contribution in [3.63, 3.8) is 0 Å². The molecule has 2 aromatic rings. The fourth-order valence-corrected chi connectivity index (χ4v) is 3.18. The topological polar surface area (TPSA) is 93.5 Å². The van der Waals surface area contributed by atoms with Crippen LogP contribution in [0.15, 0.2) is 30.3 Å². The van der Waals surface area contributed by atoms with E-state index in [0.717, 1.165) is 11.3 Å². The van der Waals surface area contributed by atoms with Gasteiger partial charge < -0.3 is 15.4 Å². The molecule has 0 aliphatic heterocycles. The third-order valence-corrected chi connectivity index (χ3v) is 4.50. The summed E-state index contributed by atoms with van der Waals surface area (Å²) in [6.07, 6.45) is 0.791. The molecule has 0 aliphatic carbocycles. The first-order valence-electron chi connectivity index (χ1n) is 6.98. The number of thiocarbonyl (C=S) groups is 1. The van der Waals surface area contributed by atoms with E-state index in [4.69, 9.17) is 17.0 Å². The predicted octanol–water partition coefficient (Wildman–Crippen LogP) is 3.81. The molecule has 24 heavy (non-hydrogen) atoms. The molecule has 0 unspecified atom stereocenters. The Kier molecular flexibility index (Phi) is 5.83. The molecule has 1 heterocycles. The molecule has 7 nitrogen and oxygen atoms in total. The van der Waals surface area contributed by atoms with Crippen LogP contribution in [0.4, 0.5) is 16.4 Å². The normalized spacial score (nSPS) is 10.1. The smallest absolute Gasteiger partial charge is 0.340 e. The van der Waals surface area contributed by atoms with Gasteiger partial charge in [-0.1, -0.05) is 6.92 Å². The van der Waals surface area contributed by atoms with Crippen molar-refractivity contribution in [2.24, 2.45) is 0 Å². The van der Waals surface area contributed by atoms with Crippen molar-refractivity contribution in [1.82, 2.24) is 0 Å². The number of anilines is 2. The SMILES string of the molecule is CCc1cc(C(=O)OC)c(NC(=S)Nc2ccc([N+](=O)[O-])cc2)s1. The molecule has 0 spiro atoms. The van der Waals surface area contributed by atoms with Gasteiger partial charge in [0.2, 0.25) is 0 Å². The van der Waals surface area contributed by atoms with Crippen LogP contribution >= 0.6 is 23.6 Å². The minimum Gasteiger partial charge on any atom is -0.465 e. The van der Waals surface area contributed by atoms with E-state index >= 15 is 0 Å². The molecule has 2 rings (SSSR count). The van der Waals surface area contributed by atoms with Gasteiger partial charge in [-0.25, -0.2) is 4.79 Å². The third kappa shape index (κ3) is 4.27. The first-order chi connectivity index (χ1) is 11.4. The number of nitro benzene ring substituents is 1. The molecule has 0 saturated heterocycles. The first kappa shape index (κ1) is 17.8. The second-order valence-electron chi connectivity index (χ2n) is 4.68. The molecule has 126 valence electrons. The van der Waals surface area contributed by atoms with E-state index in [9.17, 15) is 14.9 Å². The average Bonchev–Trinajstić information content (AvgIpc) is 2.97. The van der Waals surface area contributed by atoms with E-state index in [-0.39, 0.29) is 10.8 Å². The number of esters is 1.